The van der Waals surface area contributed by atoms with Crippen molar-refractivity contribution >= 4 is 109 Å². The molecule has 0 atom stereocenters. The second-order valence-corrected chi connectivity index (χ2v) is 17.7. The maximum absolute atomic E-state index is 12.0. The zero-order valence-corrected chi connectivity index (χ0v) is 29.2. The summed E-state index contributed by atoms with van der Waals surface area (Å²) in [7, 11) is 7.36. The highest BCUT2D eigenvalue weighted by Crippen LogP contribution is 2.30. The fourth-order valence-corrected chi connectivity index (χ4v) is 12.7. The Labute approximate surface area is 289 Å². The molecule has 0 N–H and O–H groups in total. The molecule has 2 heterocycles. The molecule has 5 nitrogen and oxygen atoms in total. The molecule has 44 heavy (non-hydrogen) atoms. The van der Waals surface area contributed by atoms with Gasteiger partial charge in [-0.2, -0.15) is 13.5 Å². The van der Waals surface area contributed by atoms with Crippen molar-refractivity contribution in [3.05, 3.63) is 131 Å². The number of ketones is 1. The molecule has 4 aromatic carbocycles. The third kappa shape index (κ3) is 10.2. The van der Waals surface area contributed by atoms with Crippen LogP contribution in [0.3, 0.4) is 0 Å². The summed E-state index contributed by atoms with van der Waals surface area (Å²) in [6.07, 6.45) is 0.531. The van der Waals surface area contributed by atoms with E-state index < -0.39 is 11.7 Å². The number of nitrogens with zero attached hydrogens (tertiary/aromatic N) is 2. The molecule has 0 bridgehead atoms. The van der Waals surface area contributed by atoms with Crippen LogP contribution >= 0.6 is 13.5 Å². The van der Waals surface area contributed by atoms with Gasteiger partial charge in [-0.25, -0.2) is 0 Å². The van der Waals surface area contributed by atoms with E-state index in [1.165, 1.54) is 22.7 Å². The SMILES string of the molecule is C.O=C1C(=O)N(Cc2ccccc2)c2ccccc21.O=C1Cc2ccccc2N1Cc1ccccc1.S.S=S=S=S=S=S=S. The molecule has 0 aromatic heterocycles. The number of hydrogen-bond donors (Lipinski definition) is 0. The molecule has 13 heteroatoms. The van der Waals surface area contributed by atoms with Crippen LogP contribution < -0.4 is 9.80 Å². The van der Waals surface area contributed by atoms with Crippen molar-refractivity contribution in [3.63, 3.8) is 0 Å². The lowest BCUT2D eigenvalue weighted by Crippen LogP contribution is -2.29. The maximum atomic E-state index is 12.0. The minimum Gasteiger partial charge on any atom is -0.307 e. The minimum atomic E-state index is -0.444. The zero-order valence-electron chi connectivity index (χ0n) is 22.5. The molecule has 0 radical (unpaired) electrons. The van der Waals surface area contributed by atoms with E-state index in [-0.39, 0.29) is 26.8 Å². The summed E-state index contributed by atoms with van der Waals surface area (Å²) in [4.78, 5) is 39.1. The summed E-state index contributed by atoms with van der Waals surface area (Å²) in [6, 6.07) is 34.9. The van der Waals surface area contributed by atoms with E-state index in [0.29, 0.717) is 30.8 Å². The Bertz CT molecular complexity index is 1790. The molecule has 2 aliphatic rings. The van der Waals surface area contributed by atoms with E-state index in [0.717, 1.165) is 22.4 Å². The molecule has 0 aliphatic carbocycles. The van der Waals surface area contributed by atoms with E-state index in [4.69, 9.17) is 0 Å². The topological polar surface area (TPSA) is 57.7 Å². The van der Waals surface area contributed by atoms with E-state index in [9.17, 15) is 14.4 Å². The number of anilines is 2. The fourth-order valence-electron chi connectivity index (χ4n) is 4.46. The Morgan fingerprint density at radius 3 is 1.64 bits per heavy atom. The normalized spacial score (nSPS) is 12.0. The molecule has 0 fully saturated rings. The number of amides is 2. The van der Waals surface area contributed by atoms with Crippen LogP contribution in [0.2, 0.25) is 0 Å². The number of fused-ring (bicyclic) bond motifs is 2. The van der Waals surface area contributed by atoms with Gasteiger partial charge in [-0.1, -0.05) is 98.4 Å². The second-order valence-electron chi connectivity index (χ2n) is 8.83. The van der Waals surface area contributed by atoms with Gasteiger partial charge in [0.2, 0.25) is 5.91 Å². The average Bonchev–Trinajstić information content (AvgIpc) is 3.47. The molecule has 4 aromatic rings. The predicted octanol–water partition coefficient (Wildman–Crippen LogP) is 5.92. The van der Waals surface area contributed by atoms with Gasteiger partial charge in [-0.15, -0.1) is 0 Å². The van der Waals surface area contributed by atoms with Gasteiger partial charge in [-0.3, -0.25) is 14.4 Å². The van der Waals surface area contributed by atoms with Crippen LogP contribution in [0.15, 0.2) is 109 Å². The van der Waals surface area contributed by atoms with Crippen LogP contribution in [-0.4, -0.2) is 17.6 Å². The molecule has 0 saturated carbocycles. The quantitative estimate of drug-likeness (QED) is 0.244. The number of benzene rings is 4. The van der Waals surface area contributed by atoms with Crippen LogP contribution in [0.25, 0.3) is 0 Å². The molecular weight excluding hydrogens is 705 g/mol. The minimum absolute atomic E-state index is 0. The number of carbonyl (C=O) groups is 3. The number of rotatable bonds is 4. The van der Waals surface area contributed by atoms with Crippen molar-refractivity contribution < 1.29 is 14.4 Å². The molecule has 2 aliphatic heterocycles. The van der Waals surface area contributed by atoms with Crippen LogP contribution in [0.5, 0.6) is 0 Å². The Kier molecular flexibility index (Phi) is 16.8. The van der Waals surface area contributed by atoms with Gasteiger partial charge >= 0.3 is 0 Å². The van der Waals surface area contributed by atoms with Gasteiger partial charge in [0, 0.05) is 72.5 Å². The van der Waals surface area contributed by atoms with Crippen molar-refractivity contribution in [2.24, 2.45) is 0 Å². The largest absolute Gasteiger partial charge is 0.307 e. The molecule has 2 amide bonds. The van der Waals surface area contributed by atoms with E-state index in [1.54, 1.807) is 44.8 Å². The van der Waals surface area contributed by atoms with Gasteiger partial charge in [0.1, 0.15) is 0 Å². The maximum Gasteiger partial charge on any atom is 0.299 e. The van der Waals surface area contributed by atoms with Crippen LogP contribution in [0.1, 0.15) is 34.5 Å². The van der Waals surface area contributed by atoms with Crippen molar-refractivity contribution in [2.75, 3.05) is 9.80 Å². The van der Waals surface area contributed by atoms with Gasteiger partial charge in [0.25, 0.3) is 11.7 Å². The molecule has 0 saturated heterocycles. The average molecular weight is 735 g/mol. The third-order valence-electron chi connectivity index (χ3n) is 6.28. The fraction of sp³-hybridized carbons (Fsp3) is 0.129. The van der Waals surface area contributed by atoms with E-state index >= 15 is 0 Å². The van der Waals surface area contributed by atoms with Crippen molar-refractivity contribution in [2.45, 2.75) is 26.9 Å². The first-order valence-corrected chi connectivity index (χ1v) is 20.5. The summed E-state index contributed by atoms with van der Waals surface area (Å²) in [5.74, 6) is -0.670. The molecule has 0 spiro atoms. The highest BCUT2D eigenvalue weighted by Gasteiger charge is 2.35. The van der Waals surface area contributed by atoms with Crippen molar-refractivity contribution in [1.82, 2.24) is 0 Å². The summed E-state index contributed by atoms with van der Waals surface area (Å²) in [6.45, 7) is 1.10. The summed E-state index contributed by atoms with van der Waals surface area (Å²) >= 11 is 9.14. The first-order valence-electron chi connectivity index (χ1n) is 12.5. The van der Waals surface area contributed by atoms with Crippen LogP contribution in [0, 0.1) is 0 Å². The van der Waals surface area contributed by atoms with Crippen LogP contribution in [-0.2, 0) is 95.9 Å². The monoisotopic (exact) mass is 734 g/mol. The van der Waals surface area contributed by atoms with E-state index in [1.807, 2.05) is 95.9 Å². The second kappa shape index (κ2) is 19.7. The Morgan fingerprint density at radius 1 is 0.591 bits per heavy atom. The van der Waals surface area contributed by atoms with Crippen molar-refractivity contribution in [1.29, 1.82) is 0 Å². The third-order valence-corrected chi connectivity index (χ3v) is 15.2. The lowest BCUT2D eigenvalue weighted by Gasteiger charge is -2.17. The van der Waals surface area contributed by atoms with Gasteiger partial charge < -0.3 is 9.80 Å². The number of hydrogen-bond acceptors (Lipinski definition) is 5. The molecule has 230 valence electrons. The van der Waals surface area contributed by atoms with E-state index in [2.05, 4.69) is 22.4 Å². The zero-order chi connectivity index (χ0) is 29.7. The molecular formula is C31H30N2O3S8. The summed E-state index contributed by atoms with van der Waals surface area (Å²) in [5, 5.41) is 0. The Balaban J connectivity index is 0.000000245. The molecule has 6 rings (SSSR count). The summed E-state index contributed by atoms with van der Waals surface area (Å²) in [5.41, 5.74) is 5.57. The lowest BCUT2D eigenvalue weighted by atomic mass is 10.1. The van der Waals surface area contributed by atoms with Crippen LogP contribution in [0.4, 0.5) is 11.4 Å². The highest BCUT2D eigenvalue weighted by molar-refractivity contribution is 8.68. The van der Waals surface area contributed by atoms with Gasteiger partial charge in [0.05, 0.1) is 30.8 Å². The number of carbonyl (C=O) groups excluding carboxylic acids is 3. The smallest absolute Gasteiger partial charge is 0.299 e. The van der Waals surface area contributed by atoms with Gasteiger partial charge in [0.15, 0.2) is 0 Å². The Hall–Kier alpha value is -2.62. The molecule has 0 unspecified atom stereocenters. The Morgan fingerprint density at radius 2 is 1.07 bits per heavy atom. The van der Waals surface area contributed by atoms with Gasteiger partial charge in [-0.05, 0) is 34.9 Å². The standard InChI is InChI=1S/C15H11NO2.C15H13NO.CH4.S7.H2S/c17-14-12-8-4-5-9-13(12)16(15(14)18)10-11-6-2-1-3-7-11;17-15-10-13-8-4-5-9-14(13)16(15)11-12-6-2-1-3-7-12;;1-3-5-7-6-4-2;/h1-9H,10H2;1-9H,10-11H2;1H4;;1H2. The lowest BCUT2D eigenvalue weighted by molar-refractivity contribution is -0.117. The highest BCUT2D eigenvalue weighted by atomic mass is 33.4. The predicted molar refractivity (Wildman–Crippen MR) is 205 cm³/mol. The number of Topliss-reactive ketones (excluding diaryl/α,β-unsaturated/α-hetero) is 1. The summed E-state index contributed by atoms with van der Waals surface area (Å²) < 4.78 is 0. The van der Waals surface area contributed by atoms with Crippen molar-refractivity contribution in [3.8, 4) is 0 Å². The number of para-hydroxylation sites is 2. The first-order chi connectivity index (χ1) is 20.5. The first kappa shape index (κ1) is 37.6.